The number of rotatable bonds is 2. The Hall–Kier alpha value is -1.69. The Bertz CT molecular complexity index is 523. The van der Waals surface area contributed by atoms with Gasteiger partial charge in [0.05, 0.1) is 6.61 Å². The first-order valence-corrected chi connectivity index (χ1v) is 6.12. The normalized spacial score (nSPS) is 33.5. The number of nitrogens with two attached hydrogens (primary N) is 1. The molecule has 1 fully saturated rings. The summed E-state index contributed by atoms with van der Waals surface area (Å²) < 4.78 is 37.8. The molecule has 1 aromatic carbocycles. The summed E-state index contributed by atoms with van der Waals surface area (Å²) in [6, 6.07) is 6.18. The van der Waals surface area contributed by atoms with E-state index in [2.05, 4.69) is 4.99 Å². The lowest BCUT2D eigenvalue weighted by molar-refractivity contribution is -0.0442. The zero-order valence-electron chi connectivity index (χ0n) is 10.2. The molecule has 4 nitrogen and oxygen atoms in total. The Balaban J connectivity index is 2.14. The van der Waals surface area contributed by atoms with Crippen molar-refractivity contribution >= 4 is 6.02 Å². The summed E-state index contributed by atoms with van der Waals surface area (Å²) in [6.07, 6.45) is -1.04. The summed E-state index contributed by atoms with van der Waals surface area (Å²) in [5.41, 5.74) is 5.01. The largest absolute Gasteiger partial charge is 0.456 e. The van der Waals surface area contributed by atoms with E-state index in [4.69, 9.17) is 15.2 Å². The van der Waals surface area contributed by atoms with Crippen LogP contribution in [0.1, 0.15) is 12.0 Å². The maximum absolute atomic E-state index is 14.1. The molecule has 6 heteroatoms. The Morgan fingerprint density at radius 2 is 2.21 bits per heavy atom. The zero-order valence-corrected chi connectivity index (χ0v) is 10.2. The van der Waals surface area contributed by atoms with Gasteiger partial charge in [0.15, 0.2) is 6.10 Å². The van der Waals surface area contributed by atoms with Crippen LogP contribution in [0.15, 0.2) is 29.3 Å². The smallest absolute Gasteiger partial charge is 0.283 e. The Labute approximate surface area is 109 Å². The molecule has 3 rings (SSSR count). The van der Waals surface area contributed by atoms with E-state index in [1.807, 2.05) is 0 Å². The van der Waals surface area contributed by atoms with E-state index in [0.29, 0.717) is 18.6 Å². The number of ether oxygens (including phenoxy) is 2. The van der Waals surface area contributed by atoms with Crippen molar-refractivity contribution in [3.05, 3.63) is 35.6 Å². The first kappa shape index (κ1) is 12.3. The third-order valence-electron chi connectivity index (χ3n) is 3.66. The fourth-order valence-electron chi connectivity index (χ4n) is 2.87. The maximum Gasteiger partial charge on any atom is 0.283 e. The van der Waals surface area contributed by atoms with Gasteiger partial charge in [0.25, 0.3) is 6.02 Å². The molecule has 2 aliphatic rings. The van der Waals surface area contributed by atoms with Crippen molar-refractivity contribution in [2.75, 3.05) is 13.3 Å². The van der Waals surface area contributed by atoms with Gasteiger partial charge in [-0.15, -0.1) is 0 Å². The number of halogens is 2. The minimum Gasteiger partial charge on any atom is -0.456 e. The summed E-state index contributed by atoms with van der Waals surface area (Å²) in [6.45, 7) is -0.382. The molecule has 0 unspecified atom stereocenters. The number of hydrogen-bond acceptors (Lipinski definition) is 4. The van der Waals surface area contributed by atoms with Crippen LogP contribution in [-0.2, 0) is 15.0 Å². The average molecular weight is 268 g/mol. The molecule has 0 aliphatic carbocycles. The van der Waals surface area contributed by atoms with Crippen LogP contribution >= 0.6 is 0 Å². The fraction of sp³-hybridized carbons (Fsp3) is 0.462. The van der Waals surface area contributed by atoms with Gasteiger partial charge >= 0.3 is 0 Å². The summed E-state index contributed by atoms with van der Waals surface area (Å²) in [5.74, 6) is -0.394. The number of fused-ring (bicyclic) bond motifs is 1. The average Bonchev–Trinajstić information content (AvgIpc) is 2.82. The van der Waals surface area contributed by atoms with Crippen molar-refractivity contribution in [3.8, 4) is 0 Å². The van der Waals surface area contributed by atoms with E-state index < -0.39 is 30.2 Å². The van der Waals surface area contributed by atoms with Crippen LogP contribution < -0.4 is 5.73 Å². The third-order valence-corrected chi connectivity index (χ3v) is 3.66. The predicted molar refractivity (Wildman–Crippen MR) is 64.9 cm³/mol. The Morgan fingerprint density at radius 3 is 2.95 bits per heavy atom. The SMILES string of the molecule is NC1=N[C@@]2(c3ccccc3F)CCO[C@H]2[C@@H](CF)O1. The van der Waals surface area contributed by atoms with E-state index in [1.165, 1.54) is 6.07 Å². The minimum atomic E-state index is -0.982. The van der Waals surface area contributed by atoms with E-state index in [1.54, 1.807) is 18.2 Å². The van der Waals surface area contributed by atoms with Gasteiger partial charge in [-0.05, 0) is 6.07 Å². The van der Waals surface area contributed by atoms with Gasteiger partial charge in [-0.3, -0.25) is 0 Å². The number of aliphatic imine (C=N–C) groups is 1. The first-order valence-electron chi connectivity index (χ1n) is 6.12. The lowest BCUT2D eigenvalue weighted by atomic mass is 9.81. The van der Waals surface area contributed by atoms with E-state index in [9.17, 15) is 8.78 Å². The van der Waals surface area contributed by atoms with Gasteiger partial charge in [-0.25, -0.2) is 13.8 Å². The van der Waals surface area contributed by atoms with Crippen molar-refractivity contribution in [3.63, 3.8) is 0 Å². The van der Waals surface area contributed by atoms with Crippen LogP contribution in [-0.4, -0.2) is 31.5 Å². The molecule has 0 bridgehead atoms. The van der Waals surface area contributed by atoms with Crippen molar-refractivity contribution in [2.24, 2.45) is 10.7 Å². The van der Waals surface area contributed by atoms with E-state index >= 15 is 0 Å². The Morgan fingerprint density at radius 1 is 1.42 bits per heavy atom. The molecular weight excluding hydrogens is 254 g/mol. The lowest BCUT2D eigenvalue weighted by Crippen LogP contribution is -2.51. The second kappa shape index (κ2) is 4.45. The second-order valence-electron chi connectivity index (χ2n) is 4.71. The molecule has 2 heterocycles. The molecule has 3 atom stereocenters. The molecule has 1 saturated heterocycles. The number of amidine groups is 1. The van der Waals surface area contributed by atoms with Gasteiger partial charge < -0.3 is 15.2 Å². The maximum atomic E-state index is 14.1. The quantitative estimate of drug-likeness (QED) is 0.884. The van der Waals surface area contributed by atoms with Crippen molar-refractivity contribution in [2.45, 2.75) is 24.2 Å². The molecule has 1 aromatic rings. The summed E-state index contributed by atoms with van der Waals surface area (Å²) >= 11 is 0. The molecule has 102 valence electrons. The highest BCUT2D eigenvalue weighted by molar-refractivity contribution is 5.73. The fourth-order valence-corrected chi connectivity index (χ4v) is 2.87. The highest BCUT2D eigenvalue weighted by Crippen LogP contribution is 2.45. The van der Waals surface area contributed by atoms with Crippen molar-refractivity contribution in [1.29, 1.82) is 0 Å². The molecule has 0 amide bonds. The number of hydrogen-bond donors (Lipinski definition) is 1. The number of benzene rings is 1. The number of nitrogens with zero attached hydrogens (tertiary/aromatic N) is 1. The minimum absolute atomic E-state index is 0.118. The van der Waals surface area contributed by atoms with Crippen LogP contribution in [0.5, 0.6) is 0 Å². The molecule has 2 N–H and O–H groups in total. The summed E-state index contributed by atoms with van der Waals surface area (Å²) in [7, 11) is 0. The number of alkyl halides is 1. The molecule has 0 aromatic heterocycles. The van der Waals surface area contributed by atoms with Crippen molar-refractivity contribution in [1.82, 2.24) is 0 Å². The predicted octanol–water partition coefficient (Wildman–Crippen LogP) is 1.49. The van der Waals surface area contributed by atoms with Gasteiger partial charge in [0.2, 0.25) is 0 Å². The van der Waals surface area contributed by atoms with Crippen LogP contribution in [0, 0.1) is 5.82 Å². The Kier molecular flexibility index (Phi) is 2.89. The second-order valence-corrected chi connectivity index (χ2v) is 4.71. The highest BCUT2D eigenvalue weighted by atomic mass is 19.1. The lowest BCUT2D eigenvalue weighted by Gasteiger charge is -2.38. The van der Waals surface area contributed by atoms with Gasteiger partial charge in [-0.2, -0.15) is 0 Å². The highest BCUT2D eigenvalue weighted by Gasteiger charge is 2.54. The monoisotopic (exact) mass is 268 g/mol. The molecule has 19 heavy (non-hydrogen) atoms. The summed E-state index contributed by atoms with van der Waals surface area (Å²) in [5, 5.41) is 0. The molecule has 2 aliphatic heterocycles. The van der Waals surface area contributed by atoms with Gasteiger partial charge in [0.1, 0.15) is 24.1 Å². The molecule has 0 saturated carbocycles. The molecule has 0 spiro atoms. The first-order chi connectivity index (χ1) is 9.17. The van der Waals surface area contributed by atoms with E-state index in [-0.39, 0.29) is 6.02 Å². The topological polar surface area (TPSA) is 56.8 Å². The van der Waals surface area contributed by atoms with Crippen LogP contribution in [0.25, 0.3) is 0 Å². The third kappa shape index (κ3) is 1.78. The van der Waals surface area contributed by atoms with Crippen LogP contribution in [0.3, 0.4) is 0 Å². The molecular formula is C13H14F2N2O2. The summed E-state index contributed by atoms with van der Waals surface area (Å²) in [4.78, 5) is 4.25. The van der Waals surface area contributed by atoms with Gasteiger partial charge in [-0.1, -0.05) is 18.2 Å². The van der Waals surface area contributed by atoms with Gasteiger partial charge in [0, 0.05) is 12.0 Å². The van der Waals surface area contributed by atoms with E-state index in [0.717, 1.165) is 0 Å². The standard InChI is InChI=1S/C13H14F2N2O2/c14-7-10-11-13(5-6-18-11,17-12(16)19-10)8-3-1-2-4-9(8)15/h1-4,10-11H,5-7H2,(H2,16,17)/t10-,11+,13-/m1/s1. The van der Waals surface area contributed by atoms with Crippen LogP contribution in [0.2, 0.25) is 0 Å². The zero-order chi connectivity index (χ0) is 13.5. The van der Waals surface area contributed by atoms with Crippen LogP contribution in [0.4, 0.5) is 8.78 Å². The molecule has 0 radical (unpaired) electrons. The van der Waals surface area contributed by atoms with Crippen molar-refractivity contribution < 1.29 is 18.3 Å².